The second kappa shape index (κ2) is 7.17. The molecule has 2 heterocycles. The highest BCUT2D eigenvalue weighted by Crippen LogP contribution is 2.32. The number of morpholine rings is 1. The molecule has 0 saturated carbocycles. The lowest BCUT2D eigenvalue weighted by atomic mass is 10.1. The van der Waals surface area contributed by atoms with Crippen LogP contribution in [0.1, 0.15) is 22.0 Å². The van der Waals surface area contributed by atoms with Gasteiger partial charge in [-0.25, -0.2) is 9.18 Å². The van der Waals surface area contributed by atoms with Gasteiger partial charge in [0, 0.05) is 17.1 Å². The van der Waals surface area contributed by atoms with Gasteiger partial charge in [0.1, 0.15) is 17.4 Å². The zero-order valence-corrected chi connectivity index (χ0v) is 15.2. The summed E-state index contributed by atoms with van der Waals surface area (Å²) in [6.07, 6.45) is -0.326. The predicted octanol–water partition coefficient (Wildman–Crippen LogP) is 3.98. The van der Waals surface area contributed by atoms with Crippen LogP contribution in [0.5, 0.6) is 0 Å². The molecule has 3 aromatic rings. The fraction of sp³-hybridized carbons (Fsp3) is 0.263. The van der Waals surface area contributed by atoms with Crippen molar-refractivity contribution in [2.45, 2.75) is 6.10 Å². The third-order valence-corrected chi connectivity index (χ3v) is 4.77. The first kappa shape index (κ1) is 17.8. The van der Waals surface area contributed by atoms with E-state index < -0.39 is 11.8 Å². The number of oxazole rings is 1. The number of methoxy groups -OCH3 is 1. The number of hydrogen-bond acceptors (Lipinski definition) is 6. The van der Waals surface area contributed by atoms with E-state index in [1.165, 1.54) is 19.2 Å². The normalized spacial score (nSPS) is 17.3. The highest BCUT2D eigenvalue weighted by atomic mass is 35.5. The monoisotopic (exact) mass is 390 g/mol. The van der Waals surface area contributed by atoms with Gasteiger partial charge in [-0.3, -0.25) is 0 Å². The zero-order chi connectivity index (χ0) is 19.0. The quantitative estimate of drug-likeness (QED) is 0.630. The number of rotatable bonds is 3. The second-order valence-electron chi connectivity index (χ2n) is 6.14. The van der Waals surface area contributed by atoms with E-state index in [1.807, 2.05) is 4.90 Å². The molecule has 140 valence electrons. The Balaban J connectivity index is 1.60. The summed E-state index contributed by atoms with van der Waals surface area (Å²) in [5.41, 5.74) is 2.24. The van der Waals surface area contributed by atoms with Gasteiger partial charge in [0.25, 0.3) is 6.01 Å². The van der Waals surface area contributed by atoms with E-state index in [-0.39, 0.29) is 6.10 Å². The Kier molecular flexibility index (Phi) is 4.72. The van der Waals surface area contributed by atoms with Gasteiger partial charge in [-0.1, -0.05) is 17.7 Å². The minimum atomic E-state index is -0.438. The van der Waals surface area contributed by atoms with Crippen LogP contribution in [0.3, 0.4) is 0 Å². The van der Waals surface area contributed by atoms with Crippen molar-refractivity contribution in [3.05, 3.63) is 58.4 Å². The van der Waals surface area contributed by atoms with Gasteiger partial charge >= 0.3 is 5.97 Å². The smallest absolute Gasteiger partial charge is 0.337 e. The first-order valence-electron chi connectivity index (χ1n) is 8.35. The lowest BCUT2D eigenvalue weighted by molar-refractivity contribution is 0.0381. The summed E-state index contributed by atoms with van der Waals surface area (Å²) < 4.78 is 29.7. The minimum Gasteiger partial charge on any atom is -0.465 e. The molecule has 1 atom stereocenters. The second-order valence-corrected chi connectivity index (χ2v) is 6.55. The molecule has 0 spiro atoms. The van der Waals surface area contributed by atoms with Crippen LogP contribution in [0, 0.1) is 5.82 Å². The standard InChI is InChI=1S/C19H16ClFN2O4/c1-25-18(24)11-2-5-15-16(8-11)27-19(22-15)23-6-7-26-17(10-23)13-4-3-12(21)9-14(13)20/h2-5,8-9,17H,6-7,10H2,1H3. The average Bonchev–Trinajstić information content (AvgIpc) is 3.11. The van der Waals surface area contributed by atoms with Crippen molar-refractivity contribution < 1.29 is 23.1 Å². The Hall–Kier alpha value is -2.64. The molecule has 1 aromatic heterocycles. The summed E-state index contributed by atoms with van der Waals surface area (Å²) in [6, 6.07) is 9.64. The van der Waals surface area contributed by atoms with E-state index in [1.54, 1.807) is 24.3 Å². The lowest BCUT2D eigenvalue weighted by Crippen LogP contribution is -2.38. The number of nitrogens with zero attached hydrogens (tertiary/aromatic N) is 2. The number of benzene rings is 2. The maximum Gasteiger partial charge on any atom is 0.337 e. The molecule has 1 fully saturated rings. The minimum absolute atomic E-state index is 0.321. The predicted molar refractivity (Wildman–Crippen MR) is 97.7 cm³/mol. The van der Waals surface area contributed by atoms with Crippen molar-refractivity contribution in [1.82, 2.24) is 4.98 Å². The van der Waals surface area contributed by atoms with E-state index in [0.29, 0.717) is 53.0 Å². The van der Waals surface area contributed by atoms with Gasteiger partial charge < -0.3 is 18.8 Å². The Morgan fingerprint density at radius 2 is 2.19 bits per heavy atom. The first-order valence-corrected chi connectivity index (χ1v) is 8.73. The number of carbonyl (C=O) groups is 1. The Bertz CT molecular complexity index is 1010. The summed E-state index contributed by atoms with van der Waals surface area (Å²) in [6.45, 7) is 1.50. The maximum atomic E-state index is 13.3. The number of aromatic nitrogens is 1. The van der Waals surface area contributed by atoms with E-state index in [0.717, 1.165) is 0 Å². The zero-order valence-electron chi connectivity index (χ0n) is 14.4. The molecule has 6 nitrogen and oxygen atoms in total. The summed E-state index contributed by atoms with van der Waals surface area (Å²) in [4.78, 5) is 18.1. The summed E-state index contributed by atoms with van der Waals surface area (Å²) in [5, 5.41) is 0.321. The maximum absolute atomic E-state index is 13.3. The molecule has 4 rings (SSSR count). The van der Waals surface area contributed by atoms with E-state index in [9.17, 15) is 9.18 Å². The van der Waals surface area contributed by atoms with Gasteiger partial charge in [0.05, 0.1) is 25.8 Å². The van der Waals surface area contributed by atoms with Gasteiger partial charge in [-0.15, -0.1) is 0 Å². The van der Waals surface area contributed by atoms with E-state index in [4.69, 9.17) is 25.5 Å². The number of esters is 1. The Morgan fingerprint density at radius 3 is 2.96 bits per heavy atom. The number of carbonyl (C=O) groups excluding carboxylic acids is 1. The Labute approximate surface area is 159 Å². The van der Waals surface area contributed by atoms with E-state index >= 15 is 0 Å². The molecule has 1 aliphatic rings. The first-order chi connectivity index (χ1) is 13.0. The van der Waals surface area contributed by atoms with Crippen LogP contribution >= 0.6 is 11.6 Å². The van der Waals surface area contributed by atoms with Crippen molar-refractivity contribution in [1.29, 1.82) is 0 Å². The van der Waals surface area contributed by atoms with Crippen molar-refractivity contribution in [2.24, 2.45) is 0 Å². The van der Waals surface area contributed by atoms with Crippen LogP contribution in [0.4, 0.5) is 10.4 Å². The molecule has 0 bridgehead atoms. The fourth-order valence-electron chi connectivity index (χ4n) is 3.07. The van der Waals surface area contributed by atoms with Crippen LogP contribution in [0.2, 0.25) is 5.02 Å². The largest absolute Gasteiger partial charge is 0.465 e. The van der Waals surface area contributed by atoms with Crippen molar-refractivity contribution in [2.75, 3.05) is 31.7 Å². The SMILES string of the molecule is COC(=O)c1ccc2nc(N3CCOC(c4ccc(F)cc4Cl)C3)oc2c1. The molecule has 0 amide bonds. The molecule has 0 radical (unpaired) electrons. The highest BCUT2D eigenvalue weighted by molar-refractivity contribution is 6.31. The van der Waals surface area contributed by atoms with Gasteiger partial charge in [-0.05, 0) is 30.3 Å². The number of ether oxygens (including phenoxy) is 2. The molecule has 0 aliphatic carbocycles. The van der Waals surface area contributed by atoms with Crippen molar-refractivity contribution in [3.63, 3.8) is 0 Å². The molecule has 27 heavy (non-hydrogen) atoms. The van der Waals surface area contributed by atoms with Crippen LogP contribution in [-0.2, 0) is 9.47 Å². The molecule has 1 aliphatic heterocycles. The highest BCUT2D eigenvalue weighted by Gasteiger charge is 2.27. The number of hydrogen-bond donors (Lipinski definition) is 0. The molecule has 0 N–H and O–H groups in total. The third-order valence-electron chi connectivity index (χ3n) is 4.44. The van der Waals surface area contributed by atoms with Crippen LogP contribution in [0.15, 0.2) is 40.8 Å². The number of fused-ring (bicyclic) bond motifs is 1. The van der Waals surface area contributed by atoms with Crippen molar-refractivity contribution >= 4 is 34.7 Å². The van der Waals surface area contributed by atoms with Crippen LogP contribution in [-0.4, -0.2) is 37.8 Å². The summed E-state index contributed by atoms with van der Waals surface area (Å²) >= 11 is 6.16. The van der Waals surface area contributed by atoms with Crippen LogP contribution in [0.25, 0.3) is 11.1 Å². The summed E-state index contributed by atoms with van der Waals surface area (Å²) in [7, 11) is 1.33. The molecule has 1 unspecified atom stereocenters. The Morgan fingerprint density at radius 1 is 1.33 bits per heavy atom. The van der Waals surface area contributed by atoms with Gasteiger partial charge in [-0.2, -0.15) is 4.98 Å². The van der Waals surface area contributed by atoms with Gasteiger partial charge in [0.2, 0.25) is 0 Å². The lowest BCUT2D eigenvalue weighted by Gasteiger charge is -2.32. The molecule has 1 saturated heterocycles. The van der Waals surface area contributed by atoms with Crippen molar-refractivity contribution in [3.8, 4) is 0 Å². The molecular weight excluding hydrogens is 375 g/mol. The average molecular weight is 391 g/mol. The third kappa shape index (κ3) is 3.48. The molecule has 8 heteroatoms. The van der Waals surface area contributed by atoms with Gasteiger partial charge in [0.15, 0.2) is 5.58 Å². The summed E-state index contributed by atoms with van der Waals surface area (Å²) in [5.74, 6) is -0.830. The number of halogens is 2. The topological polar surface area (TPSA) is 64.8 Å². The molecular formula is C19H16ClFN2O4. The van der Waals surface area contributed by atoms with E-state index in [2.05, 4.69) is 4.98 Å². The fourth-order valence-corrected chi connectivity index (χ4v) is 3.36. The molecule has 2 aromatic carbocycles. The number of anilines is 1. The van der Waals surface area contributed by atoms with Crippen LogP contribution < -0.4 is 4.90 Å².